The van der Waals surface area contributed by atoms with Crippen molar-refractivity contribution in [2.45, 2.75) is 20.0 Å². The highest BCUT2D eigenvalue weighted by Gasteiger charge is 2.13. The van der Waals surface area contributed by atoms with Crippen molar-refractivity contribution in [3.63, 3.8) is 0 Å². The van der Waals surface area contributed by atoms with E-state index in [4.69, 9.17) is 4.74 Å². The lowest BCUT2D eigenvalue weighted by Crippen LogP contribution is -2.37. The van der Waals surface area contributed by atoms with E-state index in [0.29, 0.717) is 6.54 Å². The van der Waals surface area contributed by atoms with Gasteiger partial charge in [-0.15, -0.1) is 0 Å². The minimum absolute atomic E-state index is 0.0298. The van der Waals surface area contributed by atoms with Gasteiger partial charge in [0.2, 0.25) is 5.91 Å². The molecule has 1 aromatic rings. The van der Waals surface area contributed by atoms with Crippen LogP contribution in [0, 0.1) is 5.92 Å². The monoisotopic (exact) mass is 267 g/mol. The predicted molar refractivity (Wildman–Crippen MR) is 77.1 cm³/mol. The maximum atomic E-state index is 11.7. The Labute approximate surface area is 113 Å². The average molecular weight is 267 g/mol. The first-order chi connectivity index (χ1) is 8.63. The second-order valence-electron chi connectivity index (χ2n) is 4.34. The number of nitrogens with one attached hydrogen (secondary N) is 1. The van der Waals surface area contributed by atoms with Crippen LogP contribution in [0.2, 0.25) is 0 Å². The molecule has 0 bridgehead atoms. The summed E-state index contributed by atoms with van der Waals surface area (Å²) in [6, 6.07) is 9.63. The lowest BCUT2D eigenvalue weighted by Gasteiger charge is -2.17. The van der Waals surface area contributed by atoms with E-state index in [1.807, 2.05) is 50.4 Å². The van der Waals surface area contributed by atoms with Gasteiger partial charge in [-0.2, -0.15) is 11.8 Å². The van der Waals surface area contributed by atoms with Gasteiger partial charge in [0.1, 0.15) is 11.9 Å². The van der Waals surface area contributed by atoms with E-state index >= 15 is 0 Å². The summed E-state index contributed by atoms with van der Waals surface area (Å²) in [7, 11) is 0. The second kappa shape index (κ2) is 8.03. The Balaban J connectivity index is 2.29. The third-order valence-corrected chi connectivity index (χ3v) is 3.34. The minimum atomic E-state index is -0.0298. The Morgan fingerprint density at radius 1 is 1.33 bits per heavy atom. The third kappa shape index (κ3) is 5.45. The van der Waals surface area contributed by atoms with Crippen LogP contribution < -0.4 is 10.1 Å². The van der Waals surface area contributed by atoms with Crippen molar-refractivity contribution in [1.82, 2.24) is 5.32 Å². The van der Waals surface area contributed by atoms with E-state index in [9.17, 15) is 4.79 Å². The molecule has 0 fully saturated rings. The van der Waals surface area contributed by atoms with Gasteiger partial charge in [0.15, 0.2) is 0 Å². The molecule has 1 rings (SSSR count). The van der Waals surface area contributed by atoms with E-state index in [-0.39, 0.29) is 17.9 Å². The molecule has 2 unspecified atom stereocenters. The topological polar surface area (TPSA) is 38.3 Å². The van der Waals surface area contributed by atoms with E-state index in [0.717, 1.165) is 11.5 Å². The number of benzene rings is 1. The molecule has 0 saturated heterocycles. The Hall–Kier alpha value is -1.16. The fourth-order valence-electron chi connectivity index (χ4n) is 1.52. The molecule has 0 heterocycles. The molecule has 0 aliphatic rings. The summed E-state index contributed by atoms with van der Waals surface area (Å²) in [4.78, 5) is 11.7. The van der Waals surface area contributed by atoms with Crippen molar-refractivity contribution >= 4 is 17.7 Å². The van der Waals surface area contributed by atoms with Crippen molar-refractivity contribution < 1.29 is 9.53 Å². The normalized spacial score (nSPS) is 13.7. The summed E-state index contributed by atoms with van der Waals surface area (Å²) in [5.41, 5.74) is 0. The van der Waals surface area contributed by atoms with Crippen molar-refractivity contribution in [3.05, 3.63) is 30.3 Å². The summed E-state index contributed by atoms with van der Waals surface area (Å²) in [5.74, 6) is 1.81. The quantitative estimate of drug-likeness (QED) is 0.825. The molecule has 1 N–H and O–H groups in total. The van der Waals surface area contributed by atoms with Crippen LogP contribution in [0.3, 0.4) is 0 Å². The van der Waals surface area contributed by atoms with Gasteiger partial charge in [0.05, 0.1) is 6.54 Å². The largest absolute Gasteiger partial charge is 0.489 e. The first-order valence-electron chi connectivity index (χ1n) is 6.11. The van der Waals surface area contributed by atoms with Crippen LogP contribution in [0.5, 0.6) is 5.75 Å². The average Bonchev–Trinajstić information content (AvgIpc) is 2.37. The molecule has 0 aliphatic carbocycles. The first kappa shape index (κ1) is 14.9. The van der Waals surface area contributed by atoms with Gasteiger partial charge in [-0.05, 0) is 25.3 Å². The fourth-order valence-corrected chi connectivity index (χ4v) is 2.17. The Morgan fingerprint density at radius 2 is 2.00 bits per heavy atom. The van der Waals surface area contributed by atoms with Crippen LogP contribution in [-0.4, -0.2) is 30.6 Å². The molecular formula is C14H21NO2S. The standard InChI is InChI=1S/C14H21NO2S/c1-11(10-18-3)14(16)15-9-12(2)17-13-7-5-4-6-8-13/h4-8,11-12H,9-10H2,1-3H3,(H,15,16). The first-order valence-corrected chi connectivity index (χ1v) is 7.51. The number of thioether (sulfide) groups is 1. The molecule has 1 aromatic carbocycles. The van der Waals surface area contributed by atoms with E-state index in [1.54, 1.807) is 11.8 Å². The molecule has 0 saturated carbocycles. The maximum Gasteiger partial charge on any atom is 0.223 e. The van der Waals surface area contributed by atoms with E-state index in [1.165, 1.54) is 0 Å². The summed E-state index contributed by atoms with van der Waals surface area (Å²) in [6.07, 6.45) is 1.98. The SMILES string of the molecule is CSCC(C)C(=O)NCC(C)Oc1ccccc1. The molecule has 18 heavy (non-hydrogen) atoms. The van der Waals surface area contributed by atoms with Gasteiger partial charge in [0, 0.05) is 11.7 Å². The van der Waals surface area contributed by atoms with Crippen molar-refractivity contribution in [2.24, 2.45) is 5.92 Å². The fraction of sp³-hybridized carbons (Fsp3) is 0.500. The van der Waals surface area contributed by atoms with Crippen LogP contribution >= 0.6 is 11.8 Å². The van der Waals surface area contributed by atoms with E-state index < -0.39 is 0 Å². The number of rotatable bonds is 7. The molecule has 2 atom stereocenters. The summed E-state index contributed by atoms with van der Waals surface area (Å²) in [5, 5.41) is 2.91. The van der Waals surface area contributed by atoms with Gasteiger partial charge in [-0.3, -0.25) is 4.79 Å². The Kier molecular flexibility index (Phi) is 6.65. The zero-order valence-corrected chi connectivity index (χ0v) is 12.0. The molecule has 0 aromatic heterocycles. The van der Waals surface area contributed by atoms with Gasteiger partial charge >= 0.3 is 0 Å². The number of ether oxygens (including phenoxy) is 1. The lowest BCUT2D eigenvalue weighted by molar-refractivity contribution is -0.124. The molecule has 0 radical (unpaired) electrons. The van der Waals surface area contributed by atoms with Crippen LogP contribution in [-0.2, 0) is 4.79 Å². The van der Waals surface area contributed by atoms with Crippen LogP contribution in [0.1, 0.15) is 13.8 Å². The zero-order chi connectivity index (χ0) is 13.4. The molecule has 1 amide bonds. The minimum Gasteiger partial charge on any atom is -0.489 e. The maximum absolute atomic E-state index is 11.7. The molecular weight excluding hydrogens is 246 g/mol. The van der Waals surface area contributed by atoms with Crippen molar-refractivity contribution in [1.29, 1.82) is 0 Å². The molecule has 0 spiro atoms. The summed E-state index contributed by atoms with van der Waals surface area (Å²) < 4.78 is 5.68. The predicted octanol–water partition coefficient (Wildman–Crippen LogP) is 2.57. The number of amides is 1. The van der Waals surface area contributed by atoms with Crippen molar-refractivity contribution in [2.75, 3.05) is 18.6 Å². The van der Waals surface area contributed by atoms with Gasteiger partial charge < -0.3 is 10.1 Å². The van der Waals surface area contributed by atoms with E-state index in [2.05, 4.69) is 5.32 Å². The van der Waals surface area contributed by atoms with Crippen molar-refractivity contribution in [3.8, 4) is 5.75 Å². The smallest absolute Gasteiger partial charge is 0.223 e. The number of hydrogen-bond donors (Lipinski definition) is 1. The van der Waals surface area contributed by atoms with Gasteiger partial charge in [-0.1, -0.05) is 25.1 Å². The lowest BCUT2D eigenvalue weighted by atomic mass is 10.2. The summed E-state index contributed by atoms with van der Waals surface area (Å²) >= 11 is 1.68. The van der Waals surface area contributed by atoms with Crippen LogP contribution in [0.15, 0.2) is 30.3 Å². The Bertz CT molecular complexity index is 356. The number of carbonyl (C=O) groups excluding carboxylic acids is 1. The summed E-state index contributed by atoms with van der Waals surface area (Å²) in [6.45, 7) is 4.42. The number of para-hydroxylation sites is 1. The molecule has 3 nitrogen and oxygen atoms in total. The second-order valence-corrected chi connectivity index (χ2v) is 5.25. The molecule has 0 aliphatic heterocycles. The molecule has 100 valence electrons. The highest BCUT2D eigenvalue weighted by atomic mass is 32.2. The highest BCUT2D eigenvalue weighted by Crippen LogP contribution is 2.10. The number of carbonyl (C=O) groups is 1. The Morgan fingerprint density at radius 3 is 2.61 bits per heavy atom. The van der Waals surface area contributed by atoms with Crippen LogP contribution in [0.25, 0.3) is 0 Å². The molecule has 4 heteroatoms. The highest BCUT2D eigenvalue weighted by molar-refractivity contribution is 7.98. The van der Waals surface area contributed by atoms with Gasteiger partial charge in [0.25, 0.3) is 0 Å². The van der Waals surface area contributed by atoms with Gasteiger partial charge in [-0.25, -0.2) is 0 Å². The van der Waals surface area contributed by atoms with Crippen LogP contribution in [0.4, 0.5) is 0 Å². The third-order valence-electron chi connectivity index (χ3n) is 2.51. The zero-order valence-electron chi connectivity index (χ0n) is 11.2. The number of hydrogen-bond acceptors (Lipinski definition) is 3.